The first-order chi connectivity index (χ1) is 13.9. The fourth-order valence-electron chi connectivity index (χ4n) is 4.09. The molecule has 4 heterocycles. The van der Waals surface area contributed by atoms with Gasteiger partial charge in [0.05, 0.1) is 30.5 Å². The van der Waals surface area contributed by atoms with Gasteiger partial charge >= 0.3 is 0 Å². The highest BCUT2D eigenvalue weighted by atomic mass is 35.5. The summed E-state index contributed by atoms with van der Waals surface area (Å²) in [5.41, 5.74) is 12.7. The molecule has 0 amide bonds. The number of pyridine rings is 1. The molecule has 0 bridgehead atoms. The molecule has 2 fully saturated rings. The number of halogens is 1. The second-order valence-electron chi connectivity index (χ2n) is 7.67. The maximum atomic E-state index is 9.89. The maximum Gasteiger partial charge on any atom is 0.152 e. The Bertz CT molecular complexity index is 901. The molecule has 31 heavy (non-hydrogen) atoms. The van der Waals surface area contributed by atoms with Gasteiger partial charge in [0.15, 0.2) is 5.82 Å². The smallest absolute Gasteiger partial charge is 0.152 e. The molecular weight excluding hydrogens is 476 g/mol. The summed E-state index contributed by atoms with van der Waals surface area (Å²) in [5.74, 6) is 1.10. The van der Waals surface area contributed by atoms with Crippen LogP contribution in [0, 0.1) is 5.41 Å². The van der Waals surface area contributed by atoms with E-state index in [1.807, 2.05) is 6.92 Å². The fourth-order valence-corrected chi connectivity index (χ4v) is 5.12. The van der Waals surface area contributed by atoms with Gasteiger partial charge in [0.1, 0.15) is 16.5 Å². The molecule has 5 N–H and O–H groups in total. The molecule has 2 aliphatic rings. The van der Waals surface area contributed by atoms with Gasteiger partial charge in [-0.05, 0) is 25.8 Å². The molecule has 1 spiro atoms. The van der Waals surface area contributed by atoms with Gasteiger partial charge in [-0.3, -0.25) is 0 Å². The summed E-state index contributed by atoms with van der Waals surface area (Å²) < 4.78 is 5.80. The summed E-state index contributed by atoms with van der Waals surface area (Å²) in [6.45, 7) is 4.19. The number of anilines is 2. The van der Waals surface area contributed by atoms with E-state index in [2.05, 4.69) is 19.9 Å². The number of hydrogen-bond acceptors (Lipinski definition) is 9. The average Bonchev–Trinajstić information content (AvgIpc) is 3.00. The first-order valence-electron chi connectivity index (χ1n) is 9.60. The van der Waals surface area contributed by atoms with E-state index in [1.54, 1.807) is 12.3 Å². The molecule has 12 heteroatoms. The minimum atomic E-state index is -0.190. The number of piperidine rings is 1. The number of aliphatic hydroxyl groups is 1. The highest BCUT2D eigenvalue weighted by Gasteiger charge is 2.47. The van der Waals surface area contributed by atoms with Crippen LogP contribution in [0.1, 0.15) is 25.5 Å². The number of nitrogens with zero attached hydrogens (tertiary/aromatic N) is 4. The third-order valence-electron chi connectivity index (χ3n) is 5.91. The lowest BCUT2D eigenvalue weighted by Gasteiger charge is -2.41. The summed E-state index contributed by atoms with van der Waals surface area (Å²) in [4.78, 5) is 16.1. The summed E-state index contributed by atoms with van der Waals surface area (Å²) >= 11 is 7.53. The number of hydrogen-bond donors (Lipinski definition) is 3. The highest BCUT2D eigenvalue weighted by Crippen LogP contribution is 2.42. The van der Waals surface area contributed by atoms with Crippen molar-refractivity contribution in [2.24, 2.45) is 11.1 Å². The topological polar surface area (TPSA) is 123 Å². The summed E-state index contributed by atoms with van der Waals surface area (Å²) in [6, 6.07) is 1.75. The number of aromatic nitrogens is 3. The van der Waals surface area contributed by atoms with Crippen molar-refractivity contribution in [1.82, 2.24) is 15.0 Å². The molecule has 2 aromatic heterocycles. The largest absolute Gasteiger partial charge is 0.390 e. The standard InChI is InChI=1S/C19H25ClN6O2S.2H2S/c1-11-17(22)19(10-28-11)2-4-26(5-3-19)18-13(9-27)25-16(8-24-18)29-14-6-15(21)23-7-12(14)20;;/h6-8,11,17,27H,2-5,9-10,22H2,1H3,(H2,21,23);2*1H2/t11-,17+;;/m0../s1. The Balaban J connectivity index is 0.00000171. The van der Waals surface area contributed by atoms with Gasteiger partial charge in [-0.1, -0.05) is 23.4 Å². The Morgan fingerprint density at radius 1 is 1.29 bits per heavy atom. The zero-order valence-electron chi connectivity index (χ0n) is 17.2. The van der Waals surface area contributed by atoms with E-state index < -0.39 is 0 Å². The molecule has 0 unspecified atom stereocenters. The predicted molar refractivity (Wildman–Crippen MR) is 134 cm³/mol. The van der Waals surface area contributed by atoms with Gasteiger partial charge < -0.3 is 26.2 Å². The highest BCUT2D eigenvalue weighted by molar-refractivity contribution is 7.99. The molecule has 2 atom stereocenters. The normalized spacial score (nSPS) is 22.1. The van der Waals surface area contributed by atoms with Crippen LogP contribution in [-0.2, 0) is 11.3 Å². The van der Waals surface area contributed by atoms with Crippen LogP contribution < -0.4 is 16.4 Å². The Hall–Kier alpha value is -0.950. The predicted octanol–water partition coefficient (Wildman–Crippen LogP) is 2.31. The van der Waals surface area contributed by atoms with Crippen LogP contribution in [0.4, 0.5) is 11.6 Å². The first-order valence-corrected chi connectivity index (χ1v) is 10.8. The lowest BCUT2D eigenvalue weighted by atomic mass is 9.73. The molecule has 4 rings (SSSR count). The van der Waals surface area contributed by atoms with Gasteiger partial charge in [0.25, 0.3) is 0 Å². The van der Waals surface area contributed by atoms with Crippen LogP contribution in [0.25, 0.3) is 0 Å². The Labute approximate surface area is 205 Å². The van der Waals surface area contributed by atoms with Crippen molar-refractivity contribution in [3.05, 3.63) is 29.2 Å². The number of nitrogens with two attached hydrogens (primary N) is 2. The molecular formula is C19H29ClN6O2S3. The van der Waals surface area contributed by atoms with Crippen molar-refractivity contribution in [1.29, 1.82) is 0 Å². The van der Waals surface area contributed by atoms with Gasteiger partial charge in [0, 0.05) is 35.6 Å². The molecule has 0 aliphatic carbocycles. The van der Waals surface area contributed by atoms with Gasteiger partial charge in [-0.2, -0.15) is 27.0 Å². The van der Waals surface area contributed by atoms with Crippen molar-refractivity contribution in [2.45, 2.75) is 48.4 Å². The summed E-state index contributed by atoms with van der Waals surface area (Å²) in [6.07, 6.45) is 5.18. The summed E-state index contributed by atoms with van der Waals surface area (Å²) in [5, 5.41) is 11.0. The molecule has 2 aliphatic heterocycles. The Morgan fingerprint density at radius 2 is 2.00 bits per heavy atom. The lowest BCUT2D eigenvalue weighted by Crippen LogP contribution is -2.51. The second kappa shape index (κ2) is 10.8. The number of ether oxygens (including phenoxy) is 1. The van der Waals surface area contributed by atoms with E-state index in [-0.39, 0.29) is 51.2 Å². The monoisotopic (exact) mass is 504 g/mol. The van der Waals surface area contributed by atoms with Crippen molar-refractivity contribution >= 4 is 62.0 Å². The molecule has 0 aromatic carbocycles. The summed E-state index contributed by atoms with van der Waals surface area (Å²) in [7, 11) is 0. The average molecular weight is 505 g/mol. The van der Waals surface area contributed by atoms with Crippen molar-refractivity contribution in [3.8, 4) is 0 Å². The van der Waals surface area contributed by atoms with E-state index >= 15 is 0 Å². The third-order valence-corrected chi connectivity index (χ3v) is 7.29. The van der Waals surface area contributed by atoms with Gasteiger partial charge in [-0.15, -0.1) is 0 Å². The van der Waals surface area contributed by atoms with Crippen LogP contribution in [0.15, 0.2) is 28.4 Å². The van der Waals surface area contributed by atoms with Crippen LogP contribution in [-0.4, -0.2) is 51.9 Å². The van der Waals surface area contributed by atoms with E-state index in [9.17, 15) is 5.11 Å². The van der Waals surface area contributed by atoms with Crippen LogP contribution >= 0.6 is 50.4 Å². The zero-order valence-corrected chi connectivity index (χ0v) is 20.8. The molecule has 8 nitrogen and oxygen atoms in total. The second-order valence-corrected chi connectivity index (χ2v) is 9.14. The number of aliphatic hydroxyl groups excluding tert-OH is 1. The van der Waals surface area contributed by atoms with Crippen LogP contribution in [0.5, 0.6) is 0 Å². The van der Waals surface area contributed by atoms with E-state index in [0.717, 1.165) is 30.8 Å². The maximum absolute atomic E-state index is 9.89. The minimum Gasteiger partial charge on any atom is -0.390 e. The molecule has 0 saturated carbocycles. The third kappa shape index (κ3) is 5.35. The Kier molecular flexibility index (Phi) is 9.15. The fraction of sp³-hybridized carbons (Fsp3) is 0.526. The van der Waals surface area contributed by atoms with Crippen molar-refractivity contribution in [2.75, 3.05) is 30.3 Å². The van der Waals surface area contributed by atoms with Gasteiger partial charge in [0.2, 0.25) is 0 Å². The van der Waals surface area contributed by atoms with E-state index in [0.29, 0.717) is 34.0 Å². The van der Waals surface area contributed by atoms with Crippen LogP contribution in [0.2, 0.25) is 5.02 Å². The molecule has 172 valence electrons. The molecule has 2 aromatic rings. The molecule has 2 saturated heterocycles. The lowest BCUT2D eigenvalue weighted by molar-refractivity contribution is 0.0973. The van der Waals surface area contributed by atoms with Gasteiger partial charge in [-0.25, -0.2) is 15.0 Å². The van der Waals surface area contributed by atoms with Crippen LogP contribution in [0.3, 0.4) is 0 Å². The quantitative estimate of drug-likeness (QED) is 0.575. The molecule has 0 radical (unpaired) electrons. The minimum absolute atomic E-state index is 0. The first kappa shape index (κ1) is 26.3. The Morgan fingerprint density at radius 3 is 2.61 bits per heavy atom. The van der Waals surface area contributed by atoms with E-state index in [4.69, 9.17) is 27.8 Å². The van der Waals surface area contributed by atoms with E-state index in [1.165, 1.54) is 18.0 Å². The van der Waals surface area contributed by atoms with Crippen molar-refractivity contribution < 1.29 is 9.84 Å². The number of nitrogen functional groups attached to an aromatic ring is 1. The zero-order chi connectivity index (χ0) is 20.6. The SMILES string of the molecule is C[C@@H]1OCC2(CCN(c3ncc(Sc4cc(N)ncc4Cl)nc3CO)CC2)[C@@H]1N.S.S. The number of rotatable bonds is 4. The van der Waals surface area contributed by atoms with Crippen molar-refractivity contribution in [3.63, 3.8) is 0 Å².